The molecule has 0 aliphatic heterocycles. The molecular formula is C29H31N3O6. The van der Waals surface area contributed by atoms with Gasteiger partial charge in [-0.2, -0.15) is 0 Å². The molecule has 1 aromatic heterocycles. The van der Waals surface area contributed by atoms with Gasteiger partial charge in [0.05, 0.1) is 0 Å². The number of aliphatic carboxylic acids is 1. The van der Waals surface area contributed by atoms with Gasteiger partial charge >= 0.3 is 18.2 Å². The first-order valence-electron chi connectivity index (χ1n) is 12.3. The summed E-state index contributed by atoms with van der Waals surface area (Å²) >= 11 is 0. The number of rotatable bonds is 7. The number of ether oxygens (including phenoxy) is 2. The Balaban J connectivity index is 1.39. The number of anilines is 1. The SMILES string of the molecule is CN(C(=O)OCC1c2ccccc2-c2ccccc21)[C@@H](Cc1ccc(NC(=O)OC(C)(C)C)nc1)C(=O)O. The van der Waals surface area contributed by atoms with Crippen LogP contribution in [0.1, 0.15) is 43.4 Å². The molecule has 0 saturated carbocycles. The predicted octanol–water partition coefficient (Wildman–Crippen LogP) is 5.31. The van der Waals surface area contributed by atoms with Gasteiger partial charge in [0.2, 0.25) is 0 Å². The van der Waals surface area contributed by atoms with Crippen LogP contribution in [0.15, 0.2) is 66.9 Å². The molecule has 4 rings (SSSR count). The maximum atomic E-state index is 12.9. The Morgan fingerprint density at radius 2 is 1.61 bits per heavy atom. The molecule has 2 amide bonds. The molecular weight excluding hydrogens is 486 g/mol. The molecule has 0 unspecified atom stereocenters. The summed E-state index contributed by atoms with van der Waals surface area (Å²) in [6, 6.07) is 18.0. The number of benzene rings is 2. The van der Waals surface area contributed by atoms with Crippen LogP contribution in [0.4, 0.5) is 15.4 Å². The van der Waals surface area contributed by atoms with E-state index in [2.05, 4.69) is 10.3 Å². The highest BCUT2D eigenvalue weighted by atomic mass is 16.6. The van der Waals surface area contributed by atoms with E-state index in [1.54, 1.807) is 32.9 Å². The summed E-state index contributed by atoms with van der Waals surface area (Å²) < 4.78 is 10.8. The molecule has 1 aliphatic rings. The summed E-state index contributed by atoms with van der Waals surface area (Å²) in [7, 11) is 1.41. The summed E-state index contributed by atoms with van der Waals surface area (Å²) in [6.07, 6.45) is 0.0934. The third kappa shape index (κ3) is 6.11. The number of fused-ring (bicyclic) bond motifs is 3. The standard InChI is InChI=1S/C29H31N3O6/c1-29(2,3)38-27(35)31-25-14-13-18(16-30-25)15-24(26(33)34)32(4)28(36)37-17-23-21-11-7-5-9-19(21)20-10-6-8-12-22(20)23/h5-14,16,23-24H,15,17H2,1-4H3,(H,33,34)(H,30,31,35)/t24-/m0/s1. The zero-order valence-corrected chi connectivity index (χ0v) is 21.8. The van der Waals surface area contributed by atoms with E-state index in [1.807, 2.05) is 48.5 Å². The quantitative estimate of drug-likeness (QED) is 0.436. The van der Waals surface area contributed by atoms with Gasteiger partial charge in [-0.15, -0.1) is 0 Å². The number of carboxylic acid groups (broad SMARTS) is 1. The van der Waals surface area contributed by atoms with Crippen LogP contribution in [-0.2, 0) is 20.7 Å². The van der Waals surface area contributed by atoms with E-state index < -0.39 is 29.8 Å². The van der Waals surface area contributed by atoms with E-state index in [9.17, 15) is 19.5 Å². The fourth-order valence-corrected chi connectivity index (χ4v) is 4.46. The van der Waals surface area contributed by atoms with Crippen LogP contribution in [0.25, 0.3) is 11.1 Å². The van der Waals surface area contributed by atoms with E-state index in [0.717, 1.165) is 27.2 Å². The lowest BCUT2D eigenvalue weighted by Gasteiger charge is -2.25. The van der Waals surface area contributed by atoms with Gasteiger partial charge in [-0.1, -0.05) is 54.6 Å². The second kappa shape index (κ2) is 10.9. The number of hydrogen-bond donors (Lipinski definition) is 2. The van der Waals surface area contributed by atoms with Crippen molar-refractivity contribution in [1.29, 1.82) is 0 Å². The van der Waals surface area contributed by atoms with Gasteiger partial charge < -0.3 is 14.6 Å². The third-order valence-corrected chi connectivity index (χ3v) is 6.26. The zero-order valence-electron chi connectivity index (χ0n) is 21.8. The summed E-state index contributed by atoms with van der Waals surface area (Å²) in [5.74, 6) is -1.03. The normalized spacial score (nSPS) is 13.2. The Morgan fingerprint density at radius 3 is 2.13 bits per heavy atom. The van der Waals surface area contributed by atoms with E-state index in [-0.39, 0.29) is 24.8 Å². The van der Waals surface area contributed by atoms with Crippen molar-refractivity contribution in [3.05, 3.63) is 83.6 Å². The molecule has 1 heterocycles. The van der Waals surface area contributed by atoms with Crippen LogP contribution in [0.3, 0.4) is 0 Å². The minimum atomic E-state index is -1.17. The number of nitrogens with one attached hydrogen (secondary N) is 1. The largest absolute Gasteiger partial charge is 0.480 e. The fraction of sp³-hybridized carbons (Fsp3) is 0.310. The predicted molar refractivity (Wildman–Crippen MR) is 142 cm³/mol. The Morgan fingerprint density at radius 1 is 1.00 bits per heavy atom. The summed E-state index contributed by atoms with van der Waals surface area (Å²) in [6.45, 7) is 5.35. The number of likely N-dealkylation sites (N-methyl/N-ethyl adjacent to an activating group) is 1. The van der Waals surface area contributed by atoms with Gasteiger partial charge in [-0.05, 0) is 54.7 Å². The molecule has 1 aliphatic carbocycles. The fourth-order valence-electron chi connectivity index (χ4n) is 4.46. The second-order valence-electron chi connectivity index (χ2n) is 10.2. The van der Waals surface area contributed by atoms with Crippen LogP contribution in [-0.4, -0.2) is 58.4 Å². The number of carbonyl (C=O) groups excluding carboxylic acids is 2. The lowest BCUT2D eigenvalue weighted by atomic mass is 9.98. The van der Waals surface area contributed by atoms with Gasteiger partial charge in [0.15, 0.2) is 0 Å². The summed E-state index contributed by atoms with van der Waals surface area (Å²) in [5.41, 5.74) is 4.29. The monoisotopic (exact) mass is 517 g/mol. The highest BCUT2D eigenvalue weighted by molar-refractivity contribution is 5.84. The van der Waals surface area contributed by atoms with E-state index in [4.69, 9.17) is 9.47 Å². The van der Waals surface area contributed by atoms with Crippen LogP contribution >= 0.6 is 0 Å². The van der Waals surface area contributed by atoms with Crippen molar-refractivity contribution in [1.82, 2.24) is 9.88 Å². The van der Waals surface area contributed by atoms with E-state index >= 15 is 0 Å². The van der Waals surface area contributed by atoms with Gasteiger partial charge in [0, 0.05) is 25.6 Å². The van der Waals surface area contributed by atoms with E-state index in [0.29, 0.717) is 5.56 Å². The lowest BCUT2D eigenvalue weighted by molar-refractivity contribution is -0.142. The molecule has 0 radical (unpaired) electrons. The molecule has 198 valence electrons. The Bertz CT molecular complexity index is 1290. The van der Waals surface area contributed by atoms with Gasteiger partial charge in [-0.25, -0.2) is 19.4 Å². The van der Waals surface area contributed by atoms with Crippen LogP contribution < -0.4 is 5.32 Å². The molecule has 0 saturated heterocycles. The highest BCUT2D eigenvalue weighted by Gasteiger charge is 2.32. The van der Waals surface area contributed by atoms with Crippen molar-refractivity contribution < 1.29 is 29.0 Å². The first kappa shape index (κ1) is 26.7. The average Bonchev–Trinajstić information content (AvgIpc) is 3.18. The molecule has 38 heavy (non-hydrogen) atoms. The van der Waals surface area contributed by atoms with E-state index in [1.165, 1.54) is 13.2 Å². The van der Waals surface area contributed by atoms with Crippen molar-refractivity contribution in [3.8, 4) is 11.1 Å². The minimum Gasteiger partial charge on any atom is -0.480 e. The molecule has 2 aromatic carbocycles. The van der Waals surface area contributed by atoms with Crippen molar-refractivity contribution in [3.63, 3.8) is 0 Å². The molecule has 0 fully saturated rings. The number of pyridine rings is 1. The van der Waals surface area contributed by atoms with Crippen LogP contribution in [0, 0.1) is 0 Å². The van der Waals surface area contributed by atoms with Crippen molar-refractivity contribution in [2.45, 2.75) is 44.8 Å². The number of carboxylic acids is 1. The average molecular weight is 518 g/mol. The third-order valence-electron chi connectivity index (χ3n) is 6.26. The number of hydrogen-bond acceptors (Lipinski definition) is 6. The van der Waals surface area contributed by atoms with Crippen molar-refractivity contribution in [2.24, 2.45) is 0 Å². The number of aromatic nitrogens is 1. The molecule has 0 bridgehead atoms. The first-order chi connectivity index (χ1) is 18.0. The zero-order chi connectivity index (χ0) is 27.4. The molecule has 2 N–H and O–H groups in total. The smallest absolute Gasteiger partial charge is 0.413 e. The number of nitrogens with zero attached hydrogens (tertiary/aromatic N) is 2. The molecule has 3 aromatic rings. The Hall–Kier alpha value is -4.40. The Kier molecular flexibility index (Phi) is 7.66. The molecule has 0 spiro atoms. The van der Waals surface area contributed by atoms with Crippen molar-refractivity contribution >= 4 is 24.0 Å². The lowest BCUT2D eigenvalue weighted by Crippen LogP contribution is -2.44. The Labute approximate surface area is 221 Å². The van der Waals surface area contributed by atoms with Crippen LogP contribution in [0.5, 0.6) is 0 Å². The minimum absolute atomic E-state index is 0.00967. The second-order valence-corrected chi connectivity index (χ2v) is 10.2. The molecule has 1 atom stereocenters. The maximum absolute atomic E-state index is 12.9. The van der Waals surface area contributed by atoms with Gasteiger partial charge in [0.1, 0.15) is 24.1 Å². The summed E-state index contributed by atoms with van der Waals surface area (Å²) in [4.78, 5) is 42.1. The van der Waals surface area contributed by atoms with Gasteiger partial charge in [-0.3, -0.25) is 10.2 Å². The number of amides is 2. The van der Waals surface area contributed by atoms with Crippen LogP contribution in [0.2, 0.25) is 0 Å². The summed E-state index contributed by atoms with van der Waals surface area (Å²) in [5, 5.41) is 12.4. The van der Waals surface area contributed by atoms with Gasteiger partial charge in [0.25, 0.3) is 0 Å². The molecule has 9 nitrogen and oxygen atoms in total. The number of carbonyl (C=O) groups is 3. The first-order valence-corrected chi connectivity index (χ1v) is 12.3. The van der Waals surface area contributed by atoms with Crippen molar-refractivity contribution in [2.75, 3.05) is 19.0 Å². The molecule has 9 heteroatoms. The highest BCUT2D eigenvalue weighted by Crippen LogP contribution is 2.44. The topological polar surface area (TPSA) is 118 Å². The maximum Gasteiger partial charge on any atom is 0.413 e.